The number of rotatable bonds is 2. The SMILES string of the molecule is CNn1cc(-c2ccccc2)c2cc(Cl)ccc21. The summed E-state index contributed by atoms with van der Waals surface area (Å²) < 4.78 is 2.01. The number of nitrogens with zero attached hydrogens (tertiary/aromatic N) is 1. The number of nitrogens with one attached hydrogen (secondary N) is 1. The summed E-state index contributed by atoms with van der Waals surface area (Å²) >= 11 is 6.10. The Bertz CT molecular complexity index is 686. The van der Waals surface area contributed by atoms with Crippen LogP contribution in [0, 0.1) is 0 Å². The second kappa shape index (κ2) is 4.39. The molecule has 0 saturated heterocycles. The number of hydrogen-bond acceptors (Lipinski definition) is 1. The van der Waals surface area contributed by atoms with Crippen molar-refractivity contribution in [3.63, 3.8) is 0 Å². The Hall–Kier alpha value is -1.93. The van der Waals surface area contributed by atoms with Crippen LogP contribution in [0.4, 0.5) is 0 Å². The van der Waals surface area contributed by atoms with Crippen LogP contribution in [-0.4, -0.2) is 11.7 Å². The van der Waals surface area contributed by atoms with Gasteiger partial charge in [-0.1, -0.05) is 41.9 Å². The molecule has 0 aliphatic heterocycles. The molecule has 0 saturated carbocycles. The molecular formula is C15H13ClN2. The van der Waals surface area contributed by atoms with Crippen LogP contribution < -0.4 is 5.43 Å². The summed E-state index contributed by atoms with van der Waals surface area (Å²) in [6.07, 6.45) is 2.09. The molecule has 18 heavy (non-hydrogen) atoms. The summed E-state index contributed by atoms with van der Waals surface area (Å²) in [5.74, 6) is 0. The number of hydrogen-bond donors (Lipinski definition) is 1. The van der Waals surface area contributed by atoms with E-state index in [1.54, 1.807) is 0 Å². The molecular weight excluding hydrogens is 244 g/mol. The largest absolute Gasteiger partial charge is 0.329 e. The predicted octanol–water partition coefficient (Wildman–Crippen LogP) is 4.14. The monoisotopic (exact) mass is 256 g/mol. The van der Waals surface area contributed by atoms with Crippen molar-refractivity contribution in [2.24, 2.45) is 0 Å². The highest BCUT2D eigenvalue weighted by molar-refractivity contribution is 6.31. The molecule has 2 nitrogen and oxygen atoms in total. The van der Waals surface area contributed by atoms with Crippen molar-refractivity contribution in [1.82, 2.24) is 4.68 Å². The zero-order valence-electron chi connectivity index (χ0n) is 10.0. The summed E-state index contributed by atoms with van der Waals surface area (Å²) in [7, 11) is 1.91. The summed E-state index contributed by atoms with van der Waals surface area (Å²) in [6.45, 7) is 0. The van der Waals surface area contributed by atoms with E-state index in [-0.39, 0.29) is 0 Å². The summed E-state index contributed by atoms with van der Waals surface area (Å²) in [5.41, 5.74) is 6.65. The zero-order valence-corrected chi connectivity index (χ0v) is 10.8. The lowest BCUT2D eigenvalue weighted by molar-refractivity contribution is 0.977. The fourth-order valence-electron chi connectivity index (χ4n) is 2.23. The molecule has 0 unspecified atom stereocenters. The van der Waals surface area contributed by atoms with Gasteiger partial charge >= 0.3 is 0 Å². The van der Waals surface area contributed by atoms with Crippen molar-refractivity contribution in [2.75, 3.05) is 12.5 Å². The number of halogens is 1. The first-order chi connectivity index (χ1) is 8.79. The molecule has 3 aromatic rings. The lowest BCUT2D eigenvalue weighted by Gasteiger charge is -2.01. The maximum atomic E-state index is 6.10. The minimum absolute atomic E-state index is 0.758. The molecule has 1 N–H and O–H groups in total. The minimum Gasteiger partial charge on any atom is -0.329 e. The van der Waals surface area contributed by atoms with E-state index < -0.39 is 0 Å². The van der Waals surface area contributed by atoms with Crippen LogP contribution in [-0.2, 0) is 0 Å². The third-order valence-electron chi connectivity index (χ3n) is 3.09. The summed E-state index contributed by atoms with van der Waals surface area (Å²) in [5, 5.41) is 1.91. The average molecular weight is 257 g/mol. The molecule has 0 atom stereocenters. The topological polar surface area (TPSA) is 17.0 Å². The van der Waals surface area contributed by atoms with Gasteiger partial charge in [0.1, 0.15) is 0 Å². The van der Waals surface area contributed by atoms with Crippen molar-refractivity contribution < 1.29 is 0 Å². The first-order valence-electron chi connectivity index (χ1n) is 5.83. The first kappa shape index (κ1) is 11.2. The molecule has 1 aromatic heterocycles. The van der Waals surface area contributed by atoms with E-state index in [2.05, 4.69) is 23.8 Å². The molecule has 90 valence electrons. The van der Waals surface area contributed by atoms with Gasteiger partial charge in [-0.15, -0.1) is 0 Å². The highest BCUT2D eigenvalue weighted by Gasteiger charge is 2.09. The Morgan fingerprint density at radius 3 is 2.56 bits per heavy atom. The summed E-state index contributed by atoms with van der Waals surface area (Å²) in [6, 6.07) is 16.3. The Kier molecular flexibility index (Phi) is 2.73. The normalized spacial score (nSPS) is 10.8. The van der Waals surface area contributed by atoms with E-state index in [4.69, 9.17) is 11.6 Å². The van der Waals surface area contributed by atoms with Gasteiger partial charge in [0.2, 0.25) is 0 Å². The van der Waals surface area contributed by atoms with Crippen LogP contribution >= 0.6 is 11.6 Å². The fourth-order valence-corrected chi connectivity index (χ4v) is 2.41. The molecule has 0 radical (unpaired) electrons. The Morgan fingerprint density at radius 2 is 1.83 bits per heavy atom. The van der Waals surface area contributed by atoms with Crippen molar-refractivity contribution in [2.45, 2.75) is 0 Å². The molecule has 0 fully saturated rings. The Morgan fingerprint density at radius 1 is 1.06 bits per heavy atom. The zero-order chi connectivity index (χ0) is 12.5. The minimum atomic E-state index is 0.758. The van der Waals surface area contributed by atoms with Gasteiger partial charge in [-0.25, -0.2) is 0 Å². The second-order valence-electron chi connectivity index (χ2n) is 4.16. The van der Waals surface area contributed by atoms with Gasteiger partial charge in [0.05, 0.1) is 5.52 Å². The Labute approximate surface area is 111 Å². The molecule has 3 rings (SSSR count). The lowest BCUT2D eigenvalue weighted by atomic mass is 10.1. The maximum Gasteiger partial charge on any atom is 0.0699 e. The van der Waals surface area contributed by atoms with Gasteiger partial charge in [0.25, 0.3) is 0 Å². The van der Waals surface area contributed by atoms with Crippen LogP contribution in [0.25, 0.3) is 22.0 Å². The van der Waals surface area contributed by atoms with E-state index in [0.717, 1.165) is 15.9 Å². The first-order valence-corrected chi connectivity index (χ1v) is 6.21. The molecule has 1 heterocycles. The van der Waals surface area contributed by atoms with E-state index in [0.29, 0.717) is 0 Å². The fraction of sp³-hybridized carbons (Fsp3) is 0.0667. The maximum absolute atomic E-state index is 6.10. The molecule has 2 aromatic carbocycles. The quantitative estimate of drug-likeness (QED) is 0.729. The molecule has 0 aliphatic rings. The van der Waals surface area contributed by atoms with E-state index >= 15 is 0 Å². The van der Waals surface area contributed by atoms with Gasteiger partial charge in [0.15, 0.2) is 0 Å². The van der Waals surface area contributed by atoms with Crippen LogP contribution in [0.5, 0.6) is 0 Å². The van der Waals surface area contributed by atoms with Crippen molar-refractivity contribution in [3.8, 4) is 11.1 Å². The third-order valence-corrected chi connectivity index (χ3v) is 3.33. The lowest BCUT2D eigenvalue weighted by Crippen LogP contribution is -2.05. The van der Waals surface area contributed by atoms with Gasteiger partial charge in [-0.05, 0) is 23.8 Å². The van der Waals surface area contributed by atoms with Gasteiger partial charge in [-0.2, -0.15) is 0 Å². The number of aromatic nitrogens is 1. The van der Waals surface area contributed by atoms with Crippen molar-refractivity contribution in [1.29, 1.82) is 0 Å². The smallest absolute Gasteiger partial charge is 0.0699 e. The van der Waals surface area contributed by atoms with Crippen molar-refractivity contribution >= 4 is 22.5 Å². The van der Waals surface area contributed by atoms with Crippen LogP contribution in [0.1, 0.15) is 0 Å². The van der Waals surface area contributed by atoms with E-state index in [9.17, 15) is 0 Å². The van der Waals surface area contributed by atoms with Gasteiger partial charge in [0, 0.05) is 29.2 Å². The molecule has 0 aliphatic carbocycles. The Balaban J connectivity index is 2.32. The third kappa shape index (κ3) is 1.75. The molecule has 0 bridgehead atoms. The van der Waals surface area contributed by atoms with Crippen molar-refractivity contribution in [3.05, 3.63) is 59.8 Å². The van der Waals surface area contributed by atoms with E-state index in [1.807, 2.05) is 48.1 Å². The second-order valence-corrected chi connectivity index (χ2v) is 4.60. The predicted molar refractivity (Wildman–Crippen MR) is 77.7 cm³/mol. The summed E-state index contributed by atoms with van der Waals surface area (Å²) in [4.78, 5) is 0. The van der Waals surface area contributed by atoms with Crippen LogP contribution in [0.3, 0.4) is 0 Å². The average Bonchev–Trinajstić information content (AvgIpc) is 2.77. The molecule has 0 spiro atoms. The van der Waals surface area contributed by atoms with E-state index in [1.165, 1.54) is 11.1 Å². The standard InChI is InChI=1S/C15H13ClN2/c1-17-18-10-14(11-5-3-2-4-6-11)13-9-12(16)7-8-15(13)18/h2-10,17H,1H3. The van der Waals surface area contributed by atoms with Crippen LogP contribution in [0.15, 0.2) is 54.7 Å². The van der Waals surface area contributed by atoms with Crippen LogP contribution in [0.2, 0.25) is 5.02 Å². The highest BCUT2D eigenvalue weighted by atomic mass is 35.5. The highest BCUT2D eigenvalue weighted by Crippen LogP contribution is 2.31. The van der Waals surface area contributed by atoms with Gasteiger partial charge < -0.3 is 5.43 Å². The van der Waals surface area contributed by atoms with Gasteiger partial charge in [-0.3, -0.25) is 4.68 Å². The number of benzene rings is 2. The molecule has 0 amide bonds. The molecule has 3 heteroatoms. The number of fused-ring (bicyclic) bond motifs is 1.